The Balaban J connectivity index is 2.68. The van der Waals surface area contributed by atoms with Gasteiger partial charge in [-0.1, -0.05) is 0 Å². The number of rotatable bonds is 0. The average Bonchev–Trinajstić information content (AvgIpc) is 2.21. The van der Waals surface area contributed by atoms with Crippen LogP contribution in [0.5, 0.6) is 5.75 Å². The smallest absolute Gasteiger partial charge is 0.418 e. The third kappa shape index (κ3) is 1.94. The number of fused-ring (bicyclic) bond motifs is 1. The molecular formula is C11H10F3NO2. The van der Waals surface area contributed by atoms with E-state index in [9.17, 15) is 23.1 Å². The number of hydrogen-bond donors (Lipinski definition) is 1. The van der Waals surface area contributed by atoms with Crippen molar-refractivity contribution in [3.8, 4) is 5.75 Å². The van der Waals surface area contributed by atoms with Gasteiger partial charge in [0.15, 0.2) is 0 Å². The molecule has 0 saturated carbocycles. The van der Waals surface area contributed by atoms with Gasteiger partial charge in [-0.05, 0) is 24.1 Å². The number of alkyl halides is 3. The Morgan fingerprint density at radius 1 is 1.29 bits per heavy atom. The van der Waals surface area contributed by atoms with Gasteiger partial charge in [-0.3, -0.25) is 4.79 Å². The van der Waals surface area contributed by atoms with Crippen molar-refractivity contribution in [3.05, 3.63) is 23.3 Å². The number of anilines is 1. The number of phenols is 1. The van der Waals surface area contributed by atoms with Crippen molar-refractivity contribution >= 4 is 11.6 Å². The van der Waals surface area contributed by atoms with Crippen LogP contribution in [0.15, 0.2) is 12.1 Å². The van der Waals surface area contributed by atoms with E-state index in [4.69, 9.17) is 0 Å². The third-order valence-electron chi connectivity index (χ3n) is 2.80. The third-order valence-corrected chi connectivity index (χ3v) is 2.80. The number of aryl methyl sites for hydroxylation is 1. The van der Waals surface area contributed by atoms with Gasteiger partial charge in [-0.15, -0.1) is 0 Å². The van der Waals surface area contributed by atoms with Gasteiger partial charge in [0.05, 0.1) is 11.3 Å². The molecule has 0 aliphatic carbocycles. The fourth-order valence-corrected chi connectivity index (χ4v) is 2.01. The zero-order valence-electron chi connectivity index (χ0n) is 9.01. The molecule has 3 nitrogen and oxygen atoms in total. The molecule has 0 unspecified atom stereocenters. The van der Waals surface area contributed by atoms with E-state index >= 15 is 0 Å². The highest BCUT2D eigenvalue weighted by Crippen LogP contribution is 2.42. The molecule has 0 radical (unpaired) electrons. The van der Waals surface area contributed by atoms with Gasteiger partial charge in [-0.2, -0.15) is 13.2 Å². The number of phenolic OH excluding ortho intramolecular Hbond substituents is 1. The summed E-state index contributed by atoms with van der Waals surface area (Å²) >= 11 is 0. The van der Waals surface area contributed by atoms with Crippen LogP contribution >= 0.6 is 0 Å². The number of carbonyl (C=O) groups excluding carboxylic acids is 1. The Morgan fingerprint density at radius 3 is 2.53 bits per heavy atom. The molecule has 1 aliphatic rings. The Kier molecular flexibility index (Phi) is 2.52. The molecule has 0 bridgehead atoms. The molecule has 0 fully saturated rings. The molecule has 1 heterocycles. The van der Waals surface area contributed by atoms with Crippen LogP contribution in [-0.2, 0) is 17.4 Å². The predicted octanol–water partition coefficient (Wildman–Crippen LogP) is 2.32. The van der Waals surface area contributed by atoms with Crippen molar-refractivity contribution in [3.63, 3.8) is 0 Å². The van der Waals surface area contributed by atoms with Gasteiger partial charge >= 0.3 is 6.18 Å². The molecule has 92 valence electrons. The normalized spacial score (nSPS) is 16.0. The van der Waals surface area contributed by atoms with Gasteiger partial charge in [0, 0.05) is 13.5 Å². The van der Waals surface area contributed by atoms with E-state index in [1.54, 1.807) is 0 Å². The largest absolute Gasteiger partial charge is 0.508 e. The van der Waals surface area contributed by atoms with Crippen LogP contribution in [0.4, 0.5) is 18.9 Å². The van der Waals surface area contributed by atoms with E-state index in [1.165, 1.54) is 13.1 Å². The SMILES string of the molecule is CN1C(=O)CCc2cc(O)cc(C(F)(F)F)c21. The van der Waals surface area contributed by atoms with Crippen molar-refractivity contribution in [1.82, 2.24) is 0 Å². The van der Waals surface area contributed by atoms with Crippen molar-refractivity contribution in [1.29, 1.82) is 0 Å². The Labute approximate surface area is 95.5 Å². The lowest BCUT2D eigenvalue weighted by Gasteiger charge is -2.29. The quantitative estimate of drug-likeness (QED) is 0.762. The highest BCUT2D eigenvalue weighted by Gasteiger charge is 2.38. The second-order valence-corrected chi connectivity index (χ2v) is 3.95. The highest BCUT2D eigenvalue weighted by molar-refractivity contribution is 5.97. The minimum atomic E-state index is -4.59. The second-order valence-electron chi connectivity index (χ2n) is 3.95. The van der Waals surface area contributed by atoms with Gasteiger partial charge in [0.2, 0.25) is 5.91 Å². The van der Waals surface area contributed by atoms with E-state index < -0.39 is 17.5 Å². The summed E-state index contributed by atoms with van der Waals surface area (Å²) in [6, 6.07) is 1.92. The number of hydrogen-bond acceptors (Lipinski definition) is 2. The molecule has 1 N–H and O–H groups in total. The molecule has 0 spiro atoms. The second kappa shape index (κ2) is 3.65. The summed E-state index contributed by atoms with van der Waals surface area (Å²) in [5, 5.41) is 9.28. The summed E-state index contributed by atoms with van der Waals surface area (Å²) in [6.45, 7) is 0. The van der Waals surface area contributed by atoms with Crippen LogP contribution in [0, 0.1) is 0 Å². The zero-order valence-corrected chi connectivity index (χ0v) is 9.01. The number of nitrogens with zero attached hydrogens (tertiary/aromatic N) is 1. The summed E-state index contributed by atoms with van der Waals surface area (Å²) in [4.78, 5) is 12.4. The summed E-state index contributed by atoms with van der Waals surface area (Å²) in [5.41, 5.74) is -0.769. The molecule has 0 saturated heterocycles. The number of amides is 1. The number of halogens is 3. The summed E-state index contributed by atoms with van der Waals surface area (Å²) in [7, 11) is 1.31. The van der Waals surface area contributed by atoms with Crippen LogP contribution in [0.2, 0.25) is 0 Å². The Hall–Kier alpha value is -1.72. The van der Waals surface area contributed by atoms with Crippen LogP contribution in [0.1, 0.15) is 17.5 Å². The van der Waals surface area contributed by atoms with Crippen LogP contribution in [0.3, 0.4) is 0 Å². The molecule has 1 aliphatic heterocycles. The van der Waals surface area contributed by atoms with Crippen LogP contribution < -0.4 is 4.90 Å². The minimum absolute atomic E-state index is 0.147. The first kappa shape index (κ1) is 11.8. The van der Waals surface area contributed by atoms with E-state index in [1.807, 2.05) is 0 Å². The maximum Gasteiger partial charge on any atom is 0.418 e. The zero-order chi connectivity index (χ0) is 12.8. The van der Waals surface area contributed by atoms with Crippen molar-refractivity contribution in [2.75, 3.05) is 11.9 Å². The predicted molar refractivity (Wildman–Crippen MR) is 54.8 cm³/mol. The standard InChI is InChI=1S/C11H10F3NO2/c1-15-9(17)3-2-6-4-7(16)5-8(10(6)15)11(12,13)14/h4-5,16H,2-3H2,1H3. The first-order valence-corrected chi connectivity index (χ1v) is 5.00. The van der Waals surface area contributed by atoms with Crippen LogP contribution in [0.25, 0.3) is 0 Å². The maximum absolute atomic E-state index is 12.8. The number of aromatic hydroxyl groups is 1. The van der Waals surface area contributed by atoms with Gasteiger partial charge in [-0.25, -0.2) is 0 Å². The number of carbonyl (C=O) groups is 1. The van der Waals surface area contributed by atoms with Crippen molar-refractivity contribution in [2.45, 2.75) is 19.0 Å². The van der Waals surface area contributed by atoms with E-state index in [0.717, 1.165) is 4.90 Å². The number of benzene rings is 1. The molecule has 1 aromatic carbocycles. The fourth-order valence-electron chi connectivity index (χ4n) is 2.01. The molecule has 2 rings (SSSR count). The van der Waals surface area contributed by atoms with Gasteiger partial charge in [0.1, 0.15) is 5.75 Å². The van der Waals surface area contributed by atoms with Gasteiger partial charge < -0.3 is 10.0 Å². The molecular weight excluding hydrogens is 235 g/mol. The summed E-state index contributed by atoms with van der Waals surface area (Å²) < 4.78 is 38.4. The topological polar surface area (TPSA) is 40.5 Å². The van der Waals surface area contributed by atoms with E-state index in [0.29, 0.717) is 11.6 Å². The van der Waals surface area contributed by atoms with Crippen molar-refractivity contribution < 1.29 is 23.1 Å². The van der Waals surface area contributed by atoms with E-state index in [-0.39, 0.29) is 24.4 Å². The lowest BCUT2D eigenvalue weighted by molar-refractivity contribution is -0.137. The minimum Gasteiger partial charge on any atom is -0.508 e. The summed E-state index contributed by atoms with van der Waals surface area (Å²) in [5.74, 6) is -0.785. The molecule has 1 aromatic rings. The Morgan fingerprint density at radius 2 is 1.94 bits per heavy atom. The average molecular weight is 245 g/mol. The first-order chi connectivity index (χ1) is 7.80. The lowest BCUT2D eigenvalue weighted by atomic mass is 9.97. The molecule has 6 heteroatoms. The summed E-state index contributed by atoms with van der Waals surface area (Å²) in [6.07, 6.45) is -4.21. The lowest BCUT2D eigenvalue weighted by Crippen LogP contribution is -2.33. The van der Waals surface area contributed by atoms with Crippen molar-refractivity contribution in [2.24, 2.45) is 0 Å². The maximum atomic E-state index is 12.8. The molecule has 0 atom stereocenters. The molecule has 0 aromatic heterocycles. The monoisotopic (exact) mass is 245 g/mol. The highest BCUT2D eigenvalue weighted by atomic mass is 19.4. The van der Waals surface area contributed by atoms with E-state index in [2.05, 4.69) is 0 Å². The first-order valence-electron chi connectivity index (χ1n) is 5.00. The molecule has 1 amide bonds. The molecule has 17 heavy (non-hydrogen) atoms. The Bertz CT molecular complexity index is 482. The van der Waals surface area contributed by atoms with Gasteiger partial charge in [0.25, 0.3) is 0 Å². The van der Waals surface area contributed by atoms with Crippen LogP contribution in [-0.4, -0.2) is 18.1 Å². The fraction of sp³-hybridized carbons (Fsp3) is 0.364.